The Morgan fingerprint density at radius 3 is 2.47 bits per heavy atom. The van der Waals surface area contributed by atoms with Crippen LogP contribution in [-0.4, -0.2) is 32.0 Å². The van der Waals surface area contributed by atoms with Gasteiger partial charge in [0, 0.05) is 6.42 Å². The fraction of sp³-hybridized carbons (Fsp3) is 0.182. The van der Waals surface area contributed by atoms with Crippen molar-refractivity contribution in [3.8, 4) is 11.4 Å². The standard InChI is InChI=1S/C22H21N5O3/c1-2-30-16-11-9-15(10-12-16)27-21-19(26-22(27)29)18(20(23)28)24-17(25-21)13-8-14-6-4-3-5-7-14/h3-7,9-12H,2,8,13H2,1H3,(H2,23,28)(H,26,29). The summed E-state index contributed by atoms with van der Waals surface area (Å²) in [6.45, 7) is 2.45. The molecule has 0 bridgehead atoms. The van der Waals surface area contributed by atoms with E-state index in [-0.39, 0.29) is 11.2 Å². The molecule has 0 aliphatic carbocycles. The monoisotopic (exact) mass is 403 g/mol. The summed E-state index contributed by atoms with van der Waals surface area (Å²) in [5, 5.41) is 0. The number of imidazole rings is 1. The van der Waals surface area contributed by atoms with Crippen LogP contribution in [0.3, 0.4) is 0 Å². The maximum Gasteiger partial charge on any atom is 0.332 e. The first-order valence-electron chi connectivity index (χ1n) is 9.65. The first-order valence-corrected chi connectivity index (χ1v) is 9.65. The van der Waals surface area contributed by atoms with Crippen LogP contribution in [0.25, 0.3) is 16.9 Å². The minimum Gasteiger partial charge on any atom is -0.494 e. The van der Waals surface area contributed by atoms with Gasteiger partial charge in [0.25, 0.3) is 5.91 Å². The van der Waals surface area contributed by atoms with Gasteiger partial charge in [-0.2, -0.15) is 0 Å². The highest BCUT2D eigenvalue weighted by Crippen LogP contribution is 2.20. The summed E-state index contributed by atoms with van der Waals surface area (Å²) in [5.74, 6) is 0.424. The number of carbonyl (C=O) groups is 1. The molecule has 0 aliphatic rings. The first kappa shape index (κ1) is 19.4. The molecule has 0 radical (unpaired) electrons. The number of benzene rings is 2. The van der Waals surface area contributed by atoms with E-state index in [9.17, 15) is 9.59 Å². The van der Waals surface area contributed by atoms with Crippen molar-refractivity contribution in [1.29, 1.82) is 0 Å². The quantitative estimate of drug-likeness (QED) is 0.491. The molecule has 4 rings (SSSR count). The topological polar surface area (TPSA) is 116 Å². The normalized spacial score (nSPS) is 11.0. The summed E-state index contributed by atoms with van der Waals surface area (Å²) in [6.07, 6.45) is 1.20. The van der Waals surface area contributed by atoms with E-state index in [0.29, 0.717) is 42.4 Å². The number of fused-ring (bicyclic) bond motifs is 1. The van der Waals surface area contributed by atoms with E-state index in [0.717, 1.165) is 5.56 Å². The zero-order chi connectivity index (χ0) is 21.1. The molecule has 8 nitrogen and oxygen atoms in total. The Balaban J connectivity index is 1.79. The van der Waals surface area contributed by atoms with Crippen molar-refractivity contribution in [2.24, 2.45) is 5.73 Å². The lowest BCUT2D eigenvalue weighted by atomic mass is 10.1. The van der Waals surface area contributed by atoms with Crippen molar-refractivity contribution in [2.45, 2.75) is 19.8 Å². The molecule has 2 aromatic carbocycles. The molecule has 0 unspecified atom stereocenters. The van der Waals surface area contributed by atoms with Crippen molar-refractivity contribution >= 4 is 17.1 Å². The number of nitrogens with zero attached hydrogens (tertiary/aromatic N) is 3. The smallest absolute Gasteiger partial charge is 0.332 e. The maximum absolute atomic E-state index is 12.7. The highest BCUT2D eigenvalue weighted by atomic mass is 16.5. The van der Waals surface area contributed by atoms with Gasteiger partial charge in [-0.15, -0.1) is 0 Å². The van der Waals surface area contributed by atoms with Crippen LogP contribution < -0.4 is 16.2 Å². The van der Waals surface area contributed by atoms with Crippen molar-refractivity contribution in [1.82, 2.24) is 19.5 Å². The molecular formula is C22H21N5O3. The van der Waals surface area contributed by atoms with Gasteiger partial charge in [-0.25, -0.2) is 19.3 Å². The minimum absolute atomic E-state index is 0.00449. The molecule has 0 aliphatic heterocycles. The lowest BCUT2D eigenvalue weighted by Crippen LogP contribution is -2.16. The molecule has 4 aromatic rings. The van der Waals surface area contributed by atoms with Crippen molar-refractivity contribution in [2.75, 3.05) is 6.61 Å². The summed E-state index contributed by atoms with van der Waals surface area (Å²) in [4.78, 5) is 36.2. The number of aromatic amines is 1. The van der Waals surface area contributed by atoms with E-state index >= 15 is 0 Å². The lowest BCUT2D eigenvalue weighted by molar-refractivity contribution is 0.0996. The summed E-state index contributed by atoms with van der Waals surface area (Å²) in [6, 6.07) is 17.0. The molecule has 0 atom stereocenters. The Morgan fingerprint density at radius 1 is 1.07 bits per heavy atom. The molecule has 3 N–H and O–H groups in total. The third kappa shape index (κ3) is 3.80. The molecule has 2 aromatic heterocycles. The number of hydrogen-bond acceptors (Lipinski definition) is 5. The summed E-state index contributed by atoms with van der Waals surface area (Å²) >= 11 is 0. The summed E-state index contributed by atoms with van der Waals surface area (Å²) in [7, 11) is 0. The van der Waals surface area contributed by atoms with Gasteiger partial charge in [0.05, 0.1) is 12.3 Å². The Bertz CT molecular complexity index is 1240. The molecule has 152 valence electrons. The second-order valence-corrected chi connectivity index (χ2v) is 6.73. The van der Waals surface area contributed by atoms with Gasteiger partial charge in [-0.1, -0.05) is 30.3 Å². The van der Waals surface area contributed by atoms with Crippen LogP contribution in [0.2, 0.25) is 0 Å². The number of H-pyrrole nitrogens is 1. The number of nitrogens with one attached hydrogen (secondary N) is 1. The second-order valence-electron chi connectivity index (χ2n) is 6.73. The molecular weight excluding hydrogens is 382 g/mol. The predicted octanol–water partition coefficient (Wildman–Crippen LogP) is 2.39. The number of primary amides is 1. The van der Waals surface area contributed by atoms with E-state index in [1.807, 2.05) is 37.3 Å². The second kappa shape index (κ2) is 8.20. The van der Waals surface area contributed by atoms with E-state index < -0.39 is 11.6 Å². The van der Waals surface area contributed by atoms with Gasteiger partial charge < -0.3 is 15.5 Å². The largest absolute Gasteiger partial charge is 0.494 e. The van der Waals surface area contributed by atoms with Gasteiger partial charge >= 0.3 is 5.69 Å². The first-order chi connectivity index (χ1) is 14.6. The van der Waals surface area contributed by atoms with Crippen LogP contribution in [0.5, 0.6) is 5.75 Å². The zero-order valence-electron chi connectivity index (χ0n) is 16.5. The highest BCUT2D eigenvalue weighted by Gasteiger charge is 2.19. The fourth-order valence-corrected chi connectivity index (χ4v) is 3.32. The third-order valence-corrected chi connectivity index (χ3v) is 4.70. The van der Waals surface area contributed by atoms with Crippen LogP contribution in [0, 0.1) is 0 Å². The third-order valence-electron chi connectivity index (χ3n) is 4.70. The number of rotatable bonds is 7. The zero-order valence-corrected chi connectivity index (χ0v) is 16.5. The number of amides is 1. The van der Waals surface area contributed by atoms with Crippen molar-refractivity contribution in [3.63, 3.8) is 0 Å². The molecule has 1 amide bonds. The molecule has 0 saturated heterocycles. The number of aromatic nitrogens is 4. The van der Waals surface area contributed by atoms with Crippen LogP contribution in [0.15, 0.2) is 59.4 Å². The predicted molar refractivity (Wildman–Crippen MR) is 113 cm³/mol. The summed E-state index contributed by atoms with van der Waals surface area (Å²) < 4.78 is 6.87. The van der Waals surface area contributed by atoms with E-state index in [1.165, 1.54) is 4.57 Å². The molecule has 0 spiro atoms. The van der Waals surface area contributed by atoms with Gasteiger partial charge in [0.2, 0.25) is 0 Å². The summed E-state index contributed by atoms with van der Waals surface area (Å²) in [5.41, 5.74) is 7.37. The van der Waals surface area contributed by atoms with Gasteiger partial charge in [-0.3, -0.25) is 4.79 Å². The van der Waals surface area contributed by atoms with Crippen molar-refractivity contribution in [3.05, 3.63) is 82.2 Å². The van der Waals surface area contributed by atoms with E-state index in [4.69, 9.17) is 10.5 Å². The van der Waals surface area contributed by atoms with E-state index in [1.54, 1.807) is 24.3 Å². The van der Waals surface area contributed by atoms with Crippen LogP contribution >= 0.6 is 0 Å². The fourth-order valence-electron chi connectivity index (χ4n) is 3.32. The molecule has 0 fully saturated rings. The number of ether oxygens (including phenoxy) is 1. The van der Waals surface area contributed by atoms with Crippen LogP contribution in [0.4, 0.5) is 0 Å². The molecule has 2 heterocycles. The Labute approximate surface area is 172 Å². The minimum atomic E-state index is -0.719. The number of aryl methyl sites for hydroxylation is 2. The Hall–Kier alpha value is -3.94. The van der Waals surface area contributed by atoms with Gasteiger partial charge in [-0.05, 0) is 43.2 Å². The Morgan fingerprint density at radius 2 is 1.80 bits per heavy atom. The number of carbonyl (C=O) groups excluding carboxylic acids is 1. The maximum atomic E-state index is 12.7. The van der Waals surface area contributed by atoms with Gasteiger partial charge in [0.15, 0.2) is 11.3 Å². The van der Waals surface area contributed by atoms with Crippen LogP contribution in [0.1, 0.15) is 28.8 Å². The average Bonchev–Trinajstić information content (AvgIpc) is 3.09. The number of hydrogen-bond donors (Lipinski definition) is 2. The highest BCUT2D eigenvalue weighted by molar-refractivity contribution is 6.01. The average molecular weight is 403 g/mol. The SMILES string of the molecule is CCOc1ccc(-n2c(=O)[nH]c3c(C(N)=O)nc(CCc4ccccc4)nc32)cc1. The number of nitrogens with two attached hydrogens (primary N) is 1. The Kier molecular flexibility index (Phi) is 5.30. The molecule has 8 heteroatoms. The van der Waals surface area contributed by atoms with E-state index in [2.05, 4.69) is 15.0 Å². The molecule has 30 heavy (non-hydrogen) atoms. The van der Waals surface area contributed by atoms with Crippen molar-refractivity contribution < 1.29 is 9.53 Å². The van der Waals surface area contributed by atoms with Gasteiger partial charge in [0.1, 0.15) is 17.1 Å². The van der Waals surface area contributed by atoms with Crippen LogP contribution in [-0.2, 0) is 12.8 Å². The lowest BCUT2D eigenvalue weighted by Gasteiger charge is -2.08. The molecule has 0 saturated carbocycles.